The molecule has 0 fully saturated rings. The molecule has 0 saturated heterocycles. The molecule has 204 valence electrons. The van der Waals surface area contributed by atoms with Gasteiger partial charge < -0.3 is 9.47 Å². The predicted octanol–water partition coefficient (Wildman–Crippen LogP) is 8.36. The highest BCUT2D eigenvalue weighted by Gasteiger charge is 2.14. The van der Waals surface area contributed by atoms with E-state index >= 15 is 0 Å². The molecule has 0 aliphatic carbocycles. The Morgan fingerprint density at radius 2 is 1.49 bits per heavy atom. The van der Waals surface area contributed by atoms with E-state index in [2.05, 4.69) is 10.5 Å². The van der Waals surface area contributed by atoms with Crippen LogP contribution in [0.2, 0.25) is 15.1 Å². The fraction of sp³-hybridized carbons (Fsp3) is 0.0312. The number of fused-ring (bicyclic) bond motifs is 1. The summed E-state index contributed by atoms with van der Waals surface area (Å²) in [6.45, 7) is 0.252. The Bertz CT molecular complexity index is 1750. The van der Waals surface area contributed by atoms with Crippen LogP contribution in [0.4, 0.5) is 0 Å². The summed E-state index contributed by atoms with van der Waals surface area (Å²) in [5.41, 5.74) is 4.58. The Hall–Kier alpha value is -4.36. The number of esters is 1. The Labute approximate surface area is 251 Å². The second-order valence-electron chi connectivity index (χ2n) is 8.84. The van der Waals surface area contributed by atoms with E-state index in [1.54, 1.807) is 72.8 Å². The summed E-state index contributed by atoms with van der Waals surface area (Å²) < 4.78 is 11.5. The van der Waals surface area contributed by atoms with Crippen molar-refractivity contribution in [1.29, 1.82) is 0 Å². The van der Waals surface area contributed by atoms with Gasteiger partial charge in [0.1, 0.15) is 18.1 Å². The van der Waals surface area contributed by atoms with Gasteiger partial charge in [-0.3, -0.25) is 4.79 Å². The molecule has 5 aromatic carbocycles. The summed E-state index contributed by atoms with van der Waals surface area (Å²) >= 11 is 18.1. The van der Waals surface area contributed by atoms with Gasteiger partial charge in [-0.05, 0) is 77.5 Å². The lowest BCUT2D eigenvalue weighted by Crippen LogP contribution is -2.17. The highest BCUT2D eigenvalue weighted by molar-refractivity contribution is 6.35. The predicted molar refractivity (Wildman–Crippen MR) is 163 cm³/mol. The van der Waals surface area contributed by atoms with Crippen molar-refractivity contribution in [3.63, 3.8) is 0 Å². The molecule has 0 unspecified atom stereocenters. The molecule has 1 N–H and O–H groups in total. The summed E-state index contributed by atoms with van der Waals surface area (Å²) in [5, 5.41) is 7.44. The molecule has 0 heterocycles. The van der Waals surface area contributed by atoms with E-state index in [1.807, 2.05) is 30.3 Å². The minimum absolute atomic E-state index is 0.252. The van der Waals surface area contributed by atoms with E-state index in [9.17, 15) is 9.59 Å². The van der Waals surface area contributed by atoms with Crippen LogP contribution >= 0.6 is 34.8 Å². The van der Waals surface area contributed by atoms with Crippen LogP contribution < -0.4 is 14.9 Å². The van der Waals surface area contributed by atoms with E-state index in [4.69, 9.17) is 44.3 Å². The van der Waals surface area contributed by atoms with Crippen molar-refractivity contribution in [2.24, 2.45) is 5.10 Å². The van der Waals surface area contributed by atoms with Gasteiger partial charge >= 0.3 is 5.97 Å². The van der Waals surface area contributed by atoms with Crippen molar-refractivity contribution in [2.45, 2.75) is 6.61 Å². The number of carbonyl (C=O) groups is 2. The number of ether oxygens (including phenoxy) is 2. The third kappa shape index (κ3) is 7.05. The van der Waals surface area contributed by atoms with Crippen molar-refractivity contribution in [2.75, 3.05) is 0 Å². The normalized spacial score (nSPS) is 11.0. The largest absolute Gasteiger partial charge is 0.489 e. The van der Waals surface area contributed by atoms with Crippen LogP contribution in [0.5, 0.6) is 11.5 Å². The molecule has 0 atom stereocenters. The first-order valence-electron chi connectivity index (χ1n) is 12.4. The summed E-state index contributed by atoms with van der Waals surface area (Å²) in [4.78, 5) is 25.5. The number of hydrazone groups is 1. The summed E-state index contributed by atoms with van der Waals surface area (Å²) in [7, 11) is 0. The summed E-state index contributed by atoms with van der Waals surface area (Å²) in [6.07, 6.45) is 1.46. The molecule has 9 heteroatoms. The quantitative estimate of drug-likeness (QED) is 0.0837. The number of amides is 1. The van der Waals surface area contributed by atoms with Crippen molar-refractivity contribution in [1.82, 2.24) is 5.43 Å². The first-order valence-corrected chi connectivity index (χ1v) is 13.5. The van der Waals surface area contributed by atoms with Gasteiger partial charge in [0.05, 0.1) is 11.8 Å². The number of hydrogen-bond acceptors (Lipinski definition) is 5. The zero-order chi connectivity index (χ0) is 28.8. The lowest BCUT2D eigenvalue weighted by atomic mass is 10.0. The zero-order valence-corrected chi connectivity index (χ0v) is 23.6. The second-order valence-corrected chi connectivity index (χ2v) is 10.1. The fourth-order valence-corrected chi connectivity index (χ4v) is 4.55. The highest BCUT2D eigenvalue weighted by Crippen LogP contribution is 2.28. The van der Waals surface area contributed by atoms with Crippen molar-refractivity contribution >= 4 is 63.7 Å². The topological polar surface area (TPSA) is 77.0 Å². The zero-order valence-electron chi connectivity index (χ0n) is 21.3. The van der Waals surface area contributed by atoms with Gasteiger partial charge in [0.15, 0.2) is 0 Å². The first-order chi connectivity index (χ1) is 19.9. The maximum absolute atomic E-state index is 12.8. The van der Waals surface area contributed by atoms with Crippen LogP contribution in [0.25, 0.3) is 10.8 Å². The smallest absolute Gasteiger partial charge is 0.343 e. The van der Waals surface area contributed by atoms with Crippen molar-refractivity contribution in [3.05, 3.63) is 140 Å². The minimum Gasteiger partial charge on any atom is -0.489 e. The SMILES string of the molecule is O=C(N/N=C/c1c(OC(=O)c2ccc(Cl)cc2)ccc2ccccc12)c1ccc(OCc2ccc(Cl)cc2Cl)cc1. The van der Waals surface area contributed by atoms with Gasteiger partial charge in [0.2, 0.25) is 0 Å². The molecule has 0 aliphatic rings. The third-order valence-electron chi connectivity index (χ3n) is 6.10. The third-order valence-corrected chi connectivity index (χ3v) is 6.94. The molecule has 0 aliphatic heterocycles. The standard InChI is InChI=1S/C32H21Cl3N2O4/c33-24-11-5-22(6-12-24)32(39)41-30-16-10-20-3-1-2-4-27(20)28(30)18-36-37-31(38)21-8-14-26(15-9-21)40-19-23-7-13-25(34)17-29(23)35/h1-18H,19H2,(H,37,38)/b36-18+. The number of halogens is 3. The number of nitrogens with zero attached hydrogens (tertiary/aromatic N) is 1. The number of nitrogens with one attached hydrogen (secondary N) is 1. The molecular weight excluding hydrogens is 583 g/mol. The maximum Gasteiger partial charge on any atom is 0.343 e. The van der Waals surface area contributed by atoms with Gasteiger partial charge in [-0.15, -0.1) is 0 Å². The molecule has 0 radical (unpaired) electrons. The fourth-order valence-electron chi connectivity index (χ4n) is 3.96. The Morgan fingerprint density at radius 3 is 2.24 bits per heavy atom. The number of rotatable bonds is 8. The van der Waals surface area contributed by atoms with Gasteiger partial charge in [0.25, 0.3) is 5.91 Å². The minimum atomic E-state index is -0.545. The molecule has 41 heavy (non-hydrogen) atoms. The molecule has 1 amide bonds. The molecule has 0 bridgehead atoms. The second kappa shape index (κ2) is 12.9. The van der Waals surface area contributed by atoms with E-state index < -0.39 is 11.9 Å². The first kappa shape index (κ1) is 28.2. The summed E-state index contributed by atoms with van der Waals surface area (Å²) in [6, 6.07) is 29.3. The molecule has 5 rings (SSSR count). The van der Waals surface area contributed by atoms with Crippen LogP contribution in [-0.2, 0) is 6.61 Å². The molecule has 0 saturated carbocycles. The van der Waals surface area contributed by atoms with Crippen molar-refractivity contribution < 1.29 is 19.1 Å². The summed E-state index contributed by atoms with van der Waals surface area (Å²) in [5.74, 6) is -0.104. The van der Waals surface area contributed by atoms with Gasteiger partial charge in [-0.25, -0.2) is 10.2 Å². The van der Waals surface area contributed by atoms with Crippen LogP contribution in [0, 0.1) is 0 Å². The maximum atomic E-state index is 12.8. The molecule has 0 spiro atoms. The van der Waals surface area contributed by atoms with Gasteiger partial charge in [-0.2, -0.15) is 5.10 Å². The molecular formula is C32H21Cl3N2O4. The van der Waals surface area contributed by atoms with E-state index in [0.29, 0.717) is 43.3 Å². The van der Waals surface area contributed by atoms with Crippen LogP contribution in [0.3, 0.4) is 0 Å². The monoisotopic (exact) mass is 602 g/mol. The van der Waals surface area contributed by atoms with Crippen molar-refractivity contribution in [3.8, 4) is 11.5 Å². The molecule has 5 aromatic rings. The van der Waals surface area contributed by atoms with Crippen LogP contribution in [0.1, 0.15) is 31.8 Å². The lowest BCUT2D eigenvalue weighted by molar-refractivity contribution is 0.0734. The van der Waals surface area contributed by atoms with E-state index in [0.717, 1.165) is 16.3 Å². The lowest BCUT2D eigenvalue weighted by Gasteiger charge is -2.11. The number of benzene rings is 5. The highest BCUT2D eigenvalue weighted by atomic mass is 35.5. The molecule has 6 nitrogen and oxygen atoms in total. The van der Waals surface area contributed by atoms with Crippen LogP contribution in [-0.4, -0.2) is 18.1 Å². The molecule has 0 aromatic heterocycles. The van der Waals surface area contributed by atoms with Gasteiger partial charge in [-0.1, -0.05) is 71.2 Å². The Morgan fingerprint density at radius 1 is 0.780 bits per heavy atom. The Balaban J connectivity index is 1.28. The van der Waals surface area contributed by atoms with Gasteiger partial charge in [0, 0.05) is 31.8 Å². The van der Waals surface area contributed by atoms with Crippen LogP contribution in [0.15, 0.2) is 108 Å². The average Bonchev–Trinajstić information content (AvgIpc) is 2.98. The average molecular weight is 604 g/mol. The van der Waals surface area contributed by atoms with E-state index in [-0.39, 0.29) is 6.61 Å². The van der Waals surface area contributed by atoms with E-state index in [1.165, 1.54) is 6.21 Å². The number of hydrogen-bond donors (Lipinski definition) is 1. The Kier molecular flexibility index (Phi) is 8.85. The number of carbonyl (C=O) groups excluding carboxylic acids is 2.